The van der Waals surface area contributed by atoms with E-state index < -0.39 is 0 Å². The number of rotatable bonds is 5. The van der Waals surface area contributed by atoms with Gasteiger partial charge in [-0.3, -0.25) is 0 Å². The van der Waals surface area contributed by atoms with Crippen LogP contribution in [-0.2, 0) is 6.54 Å². The maximum atomic E-state index is 5.51. The summed E-state index contributed by atoms with van der Waals surface area (Å²) >= 11 is 1.77. The lowest BCUT2D eigenvalue weighted by molar-refractivity contribution is -0.924. The number of hydrogen-bond donors (Lipinski definition) is 1. The van der Waals surface area contributed by atoms with Crippen LogP contribution in [0.3, 0.4) is 0 Å². The average molecular weight is 350 g/mol. The summed E-state index contributed by atoms with van der Waals surface area (Å²) in [6.07, 6.45) is 0. The Bertz CT molecular complexity index is 944. The summed E-state index contributed by atoms with van der Waals surface area (Å²) < 4.78 is 6.75. The molecule has 2 aromatic heterocycles. The van der Waals surface area contributed by atoms with Crippen LogP contribution in [0.2, 0.25) is 0 Å². The Labute approximate surface area is 150 Å². The van der Waals surface area contributed by atoms with Crippen molar-refractivity contribution in [3.63, 3.8) is 0 Å². The van der Waals surface area contributed by atoms with Gasteiger partial charge < -0.3 is 9.42 Å². The van der Waals surface area contributed by atoms with Crippen LogP contribution in [0.1, 0.15) is 23.7 Å². The third-order valence-electron chi connectivity index (χ3n) is 4.50. The highest BCUT2D eigenvalue weighted by Gasteiger charge is 2.21. The summed E-state index contributed by atoms with van der Waals surface area (Å²) in [6.45, 7) is 3.01. The van der Waals surface area contributed by atoms with Crippen molar-refractivity contribution in [2.75, 3.05) is 7.05 Å². The number of fused-ring (bicyclic) bond motifs is 1. The quantitative estimate of drug-likeness (QED) is 0.596. The molecule has 2 heterocycles. The Kier molecular flexibility index (Phi) is 4.34. The zero-order valence-corrected chi connectivity index (χ0v) is 15.1. The van der Waals surface area contributed by atoms with Crippen molar-refractivity contribution >= 4 is 21.6 Å². The lowest BCUT2D eigenvalue weighted by Gasteiger charge is -2.18. The molecule has 2 atom stereocenters. The fourth-order valence-corrected chi connectivity index (χ4v) is 3.97. The van der Waals surface area contributed by atoms with Crippen LogP contribution in [0.5, 0.6) is 0 Å². The van der Waals surface area contributed by atoms with E-state index >= 15 is 0 Å². The Morgan fingerprint density at radius 3 is 2.64 bits per heavy atom. The first-order valence-electron chi connectivity index (χ1n) is 8.39. The number of nitrogens with zero attached hydrogens (tertiary/aromatic N) is 2. The fourth-order valence-electron chi connectivity index (χ4n) is 2.86. The van der Waals surface area contributed by atoms with Crippen LogP contribution in [0.4, 0.5) is 0 Å². The molecule has 0 fully saturated rings. The standard InChI is InChI=1S/C20H19N3OS/c1-14(20-21-17-10-6-7-11-19(17)25-20)23(2)13-16-12-18(24-22-16)15-8-4-3-5-9-15/h3-12,14H,13H2,1-2H3/p+1/t14-/m1/s1. The molecule has 0 bridgehead atoms. The summed E-state index contributed by atoms with van der Waals surface area (Å²) in [4.78, 5) is 6.12. The predicted molar refractivity (Wildman–Crippen MR) is 101 cm³/mol. The Balaban J connectivity index is 1.49. The van der Waals surface area contributed by atoms with E-state index in [0.717, 1.165) is 34.1 Å². The molecule has 0 saturated heterocycles. The first-order chi connectivity index (χ1) is 12.2. The number of hydrogen-bond acceptors (Lipinski definition) is 4. The highest BCUT2D eigenvalue weighted by atomic mass is 32.1. The summed E-state index contributed by atoms with van der Waals surface area (Å²) in [7, 11) is 2.17. The minimum absolute atomic E-state index is 0.300. The van der Waals surface area contributed by atoms with E-state index in [1.807, 2.05) is 42.5 Å². The van der Waals surface area contributed by atoms with Crippen molar-refractivity contribution in [3.05, 3.63) is 71.4 Å². The van der Waals surface area contributed by atoms with Crippen LogP contribution < -0.4 is 4.90 Å². The Morgan fingerprint density at radius 2 is 1.84 bits per heavy atom. The molecular formula is C20H20N3OS+. The van der Waals surface area contributed by atoms with Crippen molar-refractivity contribution in [1.82, 2.24) is 10.1 Å². The molecular weight excluding hydrogens is 330 g/mol. The largest absolute Gasteiger partial charge is 0.356 e. The molecule has 0 aliphatic carbocycles. The molecule has 0 radical (unpaired) electrons. The molecule has 1 N–H and O–H groups in total. The molecule has 2 aromatic carbocycles. The summed E-state index contributed by atoms with van der Waals surface area (Å²) in [5.74, 6) is 0.816. The minimum Gasteiger partial charge on any atom is -0.356 e. The van der Waals surface area contributed by atoms with E-state index in [1.54, 1.807) is 11.3 Å². The van der Waals surface area contributed by atoms with Gasteiger partial charge in [0, 0.05) is 11.6 Å². The molecule has 0 aliphatic rings. The number of thiazole rings is 1. The second-order valence-electron chi connectivity index (χ2n) is 6.31. The molecule has 1 unspecified atom stereocenters. The van der Waals surface area contributed by atoms with Gasteiger partial charge in [0.15, 0.2) is 10.8 Å². The van der Waals surface area contributed by atoms with E-state index in [-0.39, 0.29) is 0 Å². The van der Waals surface area contributed by atoms with Crippen molar-refractivity contribution in [2.24, 2.45) is 0 Å². The van der Waals surface area contributed by atoms with Crippen LogP contribution in [-0.4, -0.2) is 17.2 Å². The normalized spacial score (nSPS) is 13.8. The van der Waals surface area contributed by atoms with Gasteiger partial charge in [0.1, 0.15) is 18.3 Å². The molecule has 0 saturated carbocycles. The van der Waals surface area contributed by atoms with Gasteiger partial charge in [-0.2, -0.15) is 0 Å². The zero-order chi connectivity index (χ0) is 17.2. The fraction of sp³-hybridized carbons (Fsp3) is 0.200. The molecule has 126 valence electrons. The highest BCUT2D eigenvalue weighted by molar-refractivity contribution is 7.18. The molecule has 0 aliphatic heterocycles. The predicted octanol–water partition coefficient (Wildman–Crippen LogP) is 3.73. The molecule has 0 spiro atoms. The minimum atomic E-state index is 0.300. The lowest BCUT2D eigenvalue weighted by atomic mass is 10.1. The van der Waals surface area contributed by atoms with Gasteiger partial charge >= 0.3 is 0 Å². The SMILES string of the molecule is C[C@H](c1nc2ccccc2s1)[NH+](C)Cc1cc(-c2ccccc2)on1. The average Bonchev–Trinajstić information content (AvgIpc) is 3.28. The number of benzene rings is 2. The molecule has 4 aromatic rings. The van der Waals surface area contributed by atoms with Crippen molar-refractivity contribution in [3.8, 4) is 11.3 Å². The van der Waals surface area contributed by atoms with Gasteiger partial charge in [-0.05, 0) is 19.1 Å². The van der Waals surface area contributed by atoms with Crippen molar-refractivity contribution in [1.29, 1.82) is 0 Å². The van der Waals surface area contributed by atoms with Gasteiger partial charge in [0.25, 0.3) is 0 Å². The van der Waals surface area contributed by atoms with Gasteiger partial charge in [0.2, 0.25) is 0 Å². The number of nitrogens with one attached hydrogen (secondary N) is 1. The topological polar surface area (TPSA) is 43.4 Å². The van der Waals surface area contributed by atoms with E-state index in [4.69, 9.17) is 9.51 Å². The van der Waals surface area contributed by atoms with E-state index in [1.165, 1.54) is 9.60 Å². The van der Waals surface area contributed by atoms with Crippen molar-refractivity contribution in [2.45, 2.75) is 19.5 Å². The summed E-state index contributed by atoms with van der Waals surface area (Å²) in [5.41, 5.74) is 3.09. The molecule has 0 amide bonds. The van der Waals surface area contributed by atoms with E-state index in [9.17, 15) is 0 Å². The highest BCUT2D eigenvalue weighted by Crippen LogP contribution is 2.25. The molecule has 25 heavy (non-hydrogen) atoms. The van der Waals surface area contributed by atoms with Gasteiger partial charge in [0.05, 0.1) is 17.3 Å². The van der Waals surface area contributed by atoms with Gasteiger partial charge in [-0.1, -0.05) is 47.6 Å². The Morgan fingerprint density at radius 1 is 1.08 bits per heavy atom. The molecule has 4 rings (SSSR count). The lowest BCUT2D eigenvalue weighted by Crippen LogP contribution is -3.07. The summed E-state index contributed by atoms with van der Waals surface area (Å²) in [6, 6.07) is 20.7. The first kappa shape index (κ1) is 16.0. The monoisotopic (exact) mass is 350 g/mol. The van der Waals surface area contributed by atoms with E-state index in [0.29, 0.717) is 6.04 Å². The van der Waals surface area contributed by atoms with Crippen LogP contribution >= 0.6 is 11.3 Å². The molecule has 4 nitrogen and oxygen atoms in total. The van der Waals surface area contributed by atoms with Gasteiger partial charge in [-0.25, -0.2) is 4.98 Å². The Hall–Kier alpha value is -2.50. The van der Waals surface area contributed by atoms with Crippen LogP contribution in [0.25, 0.3) is 21.5 Å². The zero-order valence-electron chi connectivity index (χ0n) is 14.3. The third kappa shape index (κ3) is 3.34. The first-order valence-corrected chi connectivity index (χ1v) is 9.21. The number of para-hydroxylation sites is 1. The van der Waals surface area contributed by atoms with Crippen LogP contribution in [0.15, 0.2) is 65.2 Å². The number of aromatic nitrogens is 2. The maximum Gasteiger partial charge on any atom is 0.167 e. The summed E-state index contributed by atoms with van der Waals surface area (Å²) in [5, 5.41) is 5.40. The van der Waals surface area contributed by atoms with Crippen molar-refractivity contribution < 1.29 is 9.42 Å². The van der Waals surface area contributed by atoms with Gasteiger partial charge in [-0.15, -0.1) is 11.3 Å². The third-order valence-corrected chi connectivity index (χ3v) is 5.72. The van der Waals surface area contributed by atoms with E-state index in [2.05, 4.69) is 37.3 Å². The smallest absolute Gasteiger partial charge is 0.167 e. The second-order valence-corrected chi connectivity index (χ2v) is 7.38. The second kappa shape index (κ2) is 6.78. The molecule has 5 heteroatoms. The van der Waals surface area contributed by atoms with Crippen LogP contribution in [0, 0.1) is 0 Å². The maximum absolute atomic E-state index is 5.51. The number of quaternary nitrogens is 1.